The van der Waals surface area contributed by atoms with Crippen LogP contribution in [0.4, 0.5) is 5.82 Å². The summed E-state index contributed by atoms with van der Waals surface area (Å²) in [6, 6.07) is 3.96. The predicted octanol–water partition coefficient (Wildman–Crippen LogP) is 4.92. The van der Waals surface area contributed by atoms with E-state index in [0.29, 0.717) is 17.6 Å². The number of Topliss-reactive ketones (excluding diaryl/α,β-unsaturated/α-hetero) is 1. The lowest BCUT2D eigenvalue weighted by atomic mass is 9.77. The molecule has 2 aromatic rings. The molecular weight excluding hydrogens is 414 g/mol. The SMILES string of the molecule is O=C(CC1CCOCC1)CC1CCC(CCN2CCN(c3nccc4occc34)CC2)CC1. The van der Waals surface area contributed by atoms with Gasteiger partial charge in [-0.15, -0.1) is 0 Å². The fourth-order valence-corrected chi connectivity index (χ4v) is 6.08. The molecule has 4 heterocycles. The van der Waals surface area contributed by atoms with Gasteiger partial charge in [-0.05, 0) is 68.5 Å². The molecule has 0 N–H and O–H groups in total. The van der Waals surface area contributed by atoms with Crippen molar-refractivity contribution in [3.8, 4) is 0 Å². The normalized spacial score (nSPS) is 25.5. The first-order valence-electron chi connectivity index (χ1n) is 13.1. The number of nitrogens with zero attached hydrogens (tertiary/aromatic N) is 3. The average Bonchev–Trinajstić information content (AvgIpc) is 3.34. The zero-order chi connectivity index (χ0) is 22.5. The third-order valence-corrected chi connectivity index (χ3v) is 8.22. The van der Waals surface area contributed by atoms with E-state index in [1.807, 2.05) is 18.3 Å². The molecule has 180 valence electrons. The Balaban J connectivity index is 0.989. The number of hydrogen-bond donors (Lipinski definition) is 0. The summed E-state index contributed by atoms with van der Waals surface area (Å²) in [6.07, 6.45) is 13.8. The Kier molecular flexibility index (Phi) is 7.62. The van der Waals surface area contributed by atoms with Gasteiger partial charge in [0, 0.05) is 58.4 Å². The van der Waals surface area contributed by atoms with E-state index >= 15 is 0 Å². The van der Waals surface area contributed by atoms with Gasteiger partial charge in [-0.1, -0.05) is 12.8 Å². The second kappa shape index (κ2) is 11.0. The number of pyridine rings is 1. The zero-order valence-corrected chi connectivity index (χ0v) is 19.9. The molecule has 0 spiro atoms. The van der Waals surface area contributed by atoms with Crippen LogP contribution in [0.15, 0.2) is 29.0 Å². The maximum absolute atomic E-state index is 12.5. The van der Waals surface area contributed by atoms with Gasteiger partial charge < -0.3 is 14.1 Å². The summed E-state index contributed by atoms with van der Waals surface area (Å²) in [5.74, 6) is 3.61. The number of carbonyl (C=O) groups is 1. The lowest BCUT2D eigenvalue weighted by molar-refractivity contribution is -0.121. The molecule has 0 radical (unpaired) electrons. The third-order valence-electron chi connectivity index (χ3n) is 8.22. The van der Waals surface area contributed by atoms with Gasteiger partial charge in [0.25, 0.3) is 0 Å². The van der Waals surface area contributed by atoms with Gasteiger partial charge in [-0.3, -0.25) is 9.69 Å². The summed E-state index contributed by atoms with van der Waals surface area (Å²) in [4.78, 5) is 22.2. The van der Waals surface area contributed by atoms with Crippen molar-refractivity contribution in [3.05, 3.63) is 24.6 Å². The van der Waals surface area contributed by atoms with Crippen LogP contribution in [0.1, 0.15) is 57.8 Å². The Morgan fingerprint density at radius 1 is 0.909 bits per heavy atom. The van der Waals surface area contributed by atoms with Crippen LogP contribution in [0.2, 0.25) is 0 Å². The van der Waals surface area contributed by atoms with E-state index in [0.717, 1.165) is 87.8 Å². The first-order chi connectivity index (χ1) is 16.2. The number of anilines is 1. The molecule has 33 heavy (non-hydrogen) atoms. The van der Waals surface area contributed by atoms with Gasteiger partial charge in [0.2, 0.25) is 0 Å². The van der Waals surface area contributed by atoms with Crippen molar-refractivity contribution in [1.82, 2.24) is 9.88 Å². The van der Waals surface area contributed by atoms with Crippen molar-refractivity contribution >= 4 is 22.6 Å². The van der Waals surface area contributed by atoms with Crippen LogP contribution in [0.5, 0.6) is 0 Å². The first kappa shape index (κ1) is 22.9. The smallest absolute Gasteiger partial charge is 0.139 e. The average molecular weight is 454 g/mol. The van der Waals surface area contributed by atoms with Gasteiger partial charge in [-0.25, -0.2) is 4.98 Å². The highest BCUT2D eigenvalue weighted by molar-refractivity contribution is 5.88. The molecule has 3 fully saturated rings. The molecular formula is C27H39N3O3. The molecule has 3 aliphatic rings. The standard InChI is InChI=1S/C27H39N3O3/c31-24(20-23-7-16-32-17-8-23)19-22-3-1-21(2-4-22)6-11-29-12-14-30(15-13-29)27-25-9-18-33-26(25)5-10-28-27/h5,9-10,18,21-23H,1-4,6-8,11-17,19-20H2. The Hall–Kier alpha value is -1.92. The molecule has 0 bridgehead atoms. The second-order valence-electron chi connectivity index (χ2n) is 10.5. The number of aromatic nitrogens is 1. The number of ketones is 1. The molecule has 0 amide bonds. The van der Waals surface area contributed by atoms with Crippen molar-refractivity contribution in [2.24, 2.45) is 17.8 Å². The number of fused-ring (bicyclic) bond motifs is 1. The van der Waals surface area contributed by atoms with Crippen molar-refractivity contribution in [2.45, 2.75) is 57.8 Å². The van der Waals surface area contributed by atoms with Crippen LogP contribution in [-0.4, -0.2) is 61.6 Å². The van der Waals surface area contributed by atoms with E-state index < -0.39 is 0 Å². The fraction of sp³-hybridized carbons (Fsp3) is 0.704. The van der Waals surface area contributed by atoms with Gasteiger partial charge in [0.05, 0.1) is 11.6 Å². The number of furan rings is 1. The van der Waals surface area contributed by atoms with Crippen LogP contribution in [0.25, 0.3) is 11.0 Å². The van der Waals surface area contributed by atoms with E-state index in [1.54, 1.807) is 6.26 Å². The van der Waals surface area contributed by atoms with Crippen LogP contribution < -0.4 is 4.90 Å². The summed E-state index contributed by atoms with van der Waals surface area (Å²) in [6.45, 7) is 7.15. The number of ether oxygens (including phenoxy) is 1. The van der Waals surface area contributed by atoms with Crippen LogP contribution in [0, 0.1) is 17.8 Å². The Bertz CT molecular complexity index is 891. The van der Waals surface area contributed by atoms with E-state index in [1.165, 1.54) is 38.6 Å². The molecule has 2 saturated heterocycles. The lowest BCUT2D eigenvalue weighted by Crippen LogP contribution is -2.47. The quantitative estimate of drug-likeness (QED) is 0.565. The molecule has 2 aromatic heterocycles. The van der Waals surface area contributed by atoms with Crippen LogP contribution in [-0.2, 0) is 9.53 Å². The minimum atomic E-state index is 0.504. The number of carbonyl (C=O) groups excluding carboxylic acids is 1. The second-order valence-corrected chi connectivity index (χ2v) is 10.5. The topological polar surface area (TPSA) is 58.8 Å². The van der Waals surface area contributed by atoms with E-state index in [2.05, 4.69) is 14.8 Å². The molecule has 0 unspecified atom stereocenters. The minimum Gasteiger partial charge on any atom is -0.464 e. The molecule has 0 aromatic carbocycles. The summed E-state index contributed by atoms with van der Waals surface area (Å²) in [5.41, 5.74) is 0.920. The summed E-state index contributed by atoms with van der Waals surface area (Å²) >= 11 is 0. The Labute approximate surface area is 197 Å². The maximum Gasteiger partial charge on any atom is 0.139 e. The summed E-state index contributed by atoms with van der Waals surface area (Å²) in [5, 5.41) is 1.12. The fourth-order valence-electron chi connectivity index (χ4n) is 6.08. The molecule has 0 atom stereocenters. The number of hydrogen-bond acceptors (Lipinski definition) is 6. The number of piperazine rings is 1. The highest BCUT2D eigenvalue weighted by atomic mass is 16.5. The van der Waals surface area contributed by atoms with Crippen LogP contribution in [0.3, 0.4) is 0 Å². The Morgan fingerprint density at radius 2 is 1.61 bits per heavy atom. The summed E-state index contributed by atoms with van der Waals surface area (Å²) < 4.78 is 11.0. The van der Waals surface area contributed by atoms with Gasteiger partial charge in [0.15, 0.2) is 0 Å². The van der Waals surface area contributed by atoms with Crippen LogP contribution >= 0.6 is 0 Å². The third kappa shape index (κ3) is 5.96. The monoisotopic (exact) mass is 453 g/mol. The van der Waals surface area contributed by atoms with Crippen molar-refractivity contribution in [3.63, 3.8) is 0 Å². The highest BCUT2D eigenvalue weighted by Gasteiger charge is 2.26. The number of rotatable bonds is 8. The zero-order valence-electron chi connectivity index (χ0n) is 19.9. The van der Waals surface area contributed by atoms with Gasteiger partial charge >= 0.3 is 0 Å². The minimum absolute atomic E-state index is 0.504. The van der Waals surface area contributed by atoms with Gasteiger partial charge in [0.1, 0.15) is 17.2 Å². The lowest BCUT2D eigenvalue weighted by Gasteiger charge is -2.37. The summed E-state index contributed by atoms with van der Waals surface area (Å²) in [7, 11) is 0. The molecule has 6 nitrogen and oxygen atoms in total. The van der Waals surface area contributed by atoms with E-state index in [-0.39, 0.29) is 0 Å². The highest BCUT2D eigenvalue weighted by Crippen LogP contribution is 2.34. The Morgan fingerprint density at radius 3 is 2.36 bits per heavy atom. The molecule has 5 rings (SSSR count). The van der Waals surface area contributed by atoms with E-state index in [4.69, 9.17) is 9.15 Å². The molecule has 1 saturated carbocycles. The van der Waals surface area contributed by atoms with Gasteiger partial charge in [-0.2, -0.15) is 0 Å². The molecule has 1 aliphatic carbocycles. The van der Waals surface area contributed by atoms with Crippen molar-refractivity contribution < 1.29 is 13.9 Å². The first-order valence-corrected chi connectivity index (χ1v) is 13.1. The van der Waals surface area contributed by atoms with Crippen molar-refractivity contribution in [1.29, 1.82) is 0 Å². The van der Waals surface area contributed by atoms with E-state index in [9.17, 15) is 4.79 Å². The largest absolute Gasteiger partial charge is 0.464 e. The van der Waals surface area contributed by atoms with Crippen molar-refractivity contribution in [2.75, 3.05) is 50.8 Å². The maximum atomic E-state index is 12.5. The molecule has 2 aliphatic heterocycles. The predicted molar refractivity (Wildman–Crippen MR) is 131 cm³/mol. The molecule has 6 heteroatoms.